The number of benzene rings is 3. The van der Waals surface area contributed by atoms with Gasteiger partial charge in [0.25, 0.3) is 11.1 Å². The van der Waals surface area contributed by atoms with Gasteiger partial charge in [0.15, 0.2) is 0 Å². The number of hydrogen-bond donors (Lipinski definition) is 0. The number of carbonyl (C=O) groups excluding carboxylic acids is 2. The van der Waals surface area contributed by atoms with Gasteiger partial charge in [-0.15, -0.1) is 0 Å². The Hall–Kier alpha value is -2.61. The molecule has 5 nitrogen and oxygen atoms in total. The highest BCUT2D eigenvalue weighted by Crippen LogP contribution is 2.37. The van der Waals surface area contributed by atoms with Crippen LogP contribution in [-0.4, -0.2) is 36.3 Å². The molecule has 1 heterocycles. The second-order valence-electron chi connectivity index (χ2n) is 7.29. The van der Waals surface area contributed by atoms with Crippen molar-refractivity contribution in [2.45, 2.75) is 13.0 Å². The van der Waals surface area contributed by atoms with E-state index in [4.69, 9.17) is 9.47 Å². The van der Waals surface area contributed by atoms with Gasteiger partial charge in [0.1, 0.15) is 12.4 Å². The zero-order valence-corrected chi connectivity index (χ0v) is 19.9. The van der Waals surface area contributed by atoms with Gasteiger partial charge in [-0.1, -0.05) is 58.4 Å². The van der Waals surface area contributed by atoms with Crippen LogP contribution in [0, 0.1) is 0 Å². The van der Waals surface area contributed by atoms with E-state index in [1.807, 2.05) is 60.7 Å². The monoisotopic (exact) mass is 511 g/mol. The molecule has 0 unspecified atom stereocenters. The molecule has 0 N–H and O–H groups in total. The first-order valence-electron chi connectivity index (χ1n) is 10.2. The fourth-order valence-corrected chi connectivity index (χ4v) is 4.59. The van der Waals surface area contributed by atoms with E-state index in [0.717, 1.165) is 38.1 Å². The summed E-state index contributed by atoms with van der Waals surface area (Å²) in [4.78, 5) is 27.0. The zero-order chi connectivity index (χ0) is 22.5. The summed E-state index contributed by atoms with van der Waals surface area (Å²) in [6.07, 6.45) is 2.39. The Morgan fingerprint density at radius 3 is 2.59 bits per heavy atom. The molecule has 0 bridgehead atoms. The molecule has 2 amide bonds. The summed E-state index contributed by atoms with van der Waals surface area (Å²) in [5.41, 5.74) is 1.83. The van der Waals surface area contributed by atoms with Gasteiger partial charge < -0.3 is 9.47 Å². The number of halogens is 1. The van der Waals surface area contributed by atoms with Crippen molar-refractivity contribution in [3.8, 4) is 5.75 Å². The summed E-state index contributed by atoms with van der Waals surface area (Å²) in [6.45, 7) is 1.24. The van der Waals surface area contributed by atoms with Crippen molar-refractivity contribution in [2.75, 3.05) is 20.3 Å². The van der Waals surface area contributed by atoms with Crippen molar-refractivity contribution in [3.63, 3.8) is 0 Å². The molecule has 164 valence electrons. The van der Waals surface area contributed by atoms with Crippen LogP contribution in [-0.2, 0) is 16.1 Å². The van der Waals surface area contributed by atoms with Gasteiger partial charge in [-0.3, -0.25) is 14.5 Å². The van der Waals surface area contributed by atoms with Gasteiger partial charge >= 0.3 is 0 Å². The van der Waals surface area contributed by atoms with Crippen molar-refractivity contribution >= 4 is 55.7 Å². The maximum absolute atomic E-state index is 12.9. The van der Waals surface area contributed by atoms with E-state index in [-0.39, 0.29) is 11.1 Å². The minimum Gasteiger partial charge on any atom is -0.488 e. The topological polar surface area (TPSA) is 55.8 Å². The first-order valence-corrected chi connectivity index (χ1v) is 11.8. The second-order valence-corrected chi connectivity index (χ2v) is 9.20. The Balaban J connectivity index is 1.65. The first kappa shape index (κ1) is 22.6. The normalized spacial score (nSPS) is 15.2. The Bertz CT molecular complexity index is 1180. The number of thioether (sulfide) groups is 1. The molecule has 7 heteroatoms. The van der Waals surface area contributed by atoms with E-state index >= 15 is 0 Å². The second kappa shape index (κ2) is 10.3. The molecule has 1 saturated heterocycles. The van der Waals surface area contributed by atoms with Gasteiger partial charge in [-0.25, -0.2) is 0 Å². The van der Waals surface area contributed by atoms with Gasteiger partial charge in [-0.2, -0.15) is 0 Å². The molecular weight excluding hydrogens is 490 g/mol. The average molecular weight is 512 g/mol. The SMILES string of the molecule is COCCCN1C(=O)S/C(=C/c2c(OCc3ccc(Br)cc3)ccc3ccccc23)C1=O. The lowest BCUT2D eigenvalue weighted by Gasteiger charge is -2.13. The molecule has 1 aliphatic heterocycles. The molecule has 0 radical (unpaired) electrons. The number of amides is 2. The lowest BCUT2D eigenvalue weighted by Crippen LogP contribution is -2.29. The smallest absolute Gasteiger partial charge is 0.293 e. The average Bonchev–Trinajstić information content (AvgIpc) is 3.07. The molecule has 1 fully saturated rings. The highest BCUT2D eigenvalue weighted by atomic mass is 79.9. The van der Waals surface area contributed by atoms with Gasteiger partial charge in [0, 0.05) is 30.3 Å². The fraction of sp³-hybridized carbons (Fsp3) is 0.200. The molecule has 4 rings (SSSR count). The molecule has 0 aliphatic carbocycles. The number of rotatable bonds is 8. The minimum atomic E-state index is -0.275. The quantitative estimate of drug-likeness (QED) is 0.264. The Kier molecular flexibility index (Phi) is 7.29. The molecule has 0 aromatic heterocycles. The first-order chi connectivity index (χ1) is 15.6. The molecule has 0 atom stereocenters. The van der Waals surface area contributed by atoms with Crippen LogP contribution in [0.2, 0.25) is 0 Å². The number of nitrogens with zero attached hydrogens (tertiary/aromatic N) is 1. The van der Waals surface area contributed by atoms with Gasteiger partial charge in [0.2, 0.25) is 0 Å². The molecular formula is C25H22BrNO4S. The Morgan fingerprint density at radius 2 is 1.81 bits per heavy atom. The van der Waals surface area contributed by atoms with Crippen LogP contribution in [0.15, 0.2) is 70.0 Å². The molecule has 32 heavy (non-hydrogen) atoms. The number of hydrogen-bond acceptors (Lipinski definition) is 5. The van der Waals surface area contributed by atoms with Crippen LogP contribution in [0.1, 0.15) is 17.5 Å². The van der Waals surface area contributed by atoms with E-state index in [9.17, 15) is 9.59 Å². The minimum absolute atomic E-state index is 0.255. The van der Waals surface area contributed by atoms with Crippen LogP contribution in [0.4, 0.5) is 4.79 Å². The zero-order valence-electron chi connectivity index (χ0n) is 17.5. The van der Waals surface area contributed by atoms with Crippen LogP contribution in [0.3, 0.4) is 0 Å². The number of ether oxygens (including phenoxy) is 2. The van der Waals surface area contributed by atoms with Crippen molar-refractivity contribution in [1.29, 1.82) is 0 Å². The summed E-state index contributed by atoms with van der Waals surface area (Å²) < 4.78 is 12.2. The third kappa shape index (κ3) is 5.06. The van der Waals surface area contributed by atoms with Crippen LogP contribution in [0.25, 0.3) is 16.8 Å². The van der Waals surface area contributed by atoms with Crippen LogP contribution >= 0.6 is 27.7 Å². The summed E-state index contributed by atoms with van der Waals surface area (Å²) in [6, 6.07) is 19.8. The molecule has 1 aliphatic rings. The maximum Gasteiger partial charge on any atom is 0.293 e. The predicted octanol–water partition coefficient (Wildman–Crippen LogP) is 6.25. The fourth-order valence-electron chi connectivity index (χ4n) is 3.48. The third-order valence-corrected chi connectivity index (χ3v) is 6.55. The number of fused-ring (bicyclic) bond motifs is 1. The standard InChI is InChI=1S/C25H22BrNO4S/c1-30-14-4-13-27-24(28)23(32-25(27)29)15-21-20-6-3-2-5-18(20)9-12-22(21)31-16-17-7-10-19(26)11-8-17/h2-3,5-12,15H,4,13-14,16H2,1H3/b23-15+. The maximum atomic E-state index is 12.9. The van der Waals surface area contributed by atoms with Crippen LogP contribution < -0.4 is 4.74 Å². The van der Waals surface area contributed by atoms with Crippen molar-refractivity contribution in [1.82, 2.24) is 4.90 Å². The predicted molar refractivity (Wildman–Crippen MR) is 132 cm³/mol. The van der Waals surface area contributed by atoms with Gasteiger partial charge in [0.05, 0.1) is 4.91 Å². The van der Waals surface area contributed by atoms with Gasteiger partial charge in [-0.05, 0) is 58.8 Å². The lowest BCUT2D eigenvalue weighted by molar-refractivity contribution is -0.122. The summed E-state index contributed by atoms with van der Waals surface area (Å²) in [5, 5.41) is 1.75. The third-order valence-electron chi connectivity index (χ3n) is 5.12. The highest BCUT2D eigenvalue weighted by Gasteiger charge is 2.34. The number of carbonyl (C=O) groups is 2. The van der Waals surface area contributed by atoms with E-state index < -0.39 is 0 Å². The largest absolute Gasteiger partial charge is 0.488 e. The summed E-state index contributed by atoms with van der Waals surface area (Å²) >= 11 is 4.41. The molecule has 0 saturated carbocycles. The Morgan fingerprint density at radius 1 is 1.03 bits per heavy atom. The van der Waals surface area contributed by atoms with Crippen molar-refractivity contribution in [2.24, 2.45) is 0 Å². The van der Waals surface area contributed by atoms with Crippen molar-refractivity contribution in [3.05, 3.63) is 81.2 Å². The number of methoxy groups -OCH3 is 1. The highest BCUT2D eigenvalue weighted by molar-refractivity contribution is 9.10. The van der Waals surface area contributed by atoms with Crippen LogP contribution in [0.5, 0.6) is 5.75 Å². The van der Waals surface area contributed by atoms with E-state index in [1.165, 1.54) is 4.90 Å². The van der Waals surface area contributed by atoms with E-state index in [1.54, 1.807) is 13.2 Å². The van der Waals surface area contributed by atoms with Crippen molar-refractivity contribution < 1.29 is 19.1 Å². The molecule has 3 aromatic rings. The molecule has 3 aromatic carbocycles. The summed E-state index contributed by atoms with van der Waals surface area (Å²) in [5.74, 6) is 0.390. The number of imide groups is 1. The Labute approximate surface area is 199 Å². The lowest BCUT2D eigenvalue weighted by atomic mass is 10.0. The van der Waals surface area contributed by atoms with E-state index in [2.05, 4.69) is 15.9 Å². The van der Waals surface area contributed by atoms with E-state index in [0.29, 0.717) is 36.8 Å². The summed E-state index contributed by atoms with van der Waals surface area (Å²) in [7, 11) is 1.60. The molecule has 0 spiro atoms.